The molecule has 0 aromatic heterocycles. The molecule has 3 aliphatic heterocycles. The van der Waals surface area contributed by atoms with Crippen LogP contribution in [0.2, 0.25) is 0 Å². The highest BCUT2D eigenvalue weighted by Gasteiger charge is 2.29. The molecular formula is C25H24N8O3. The van der Waals surface area contributed by atoms with Crippen molar-refractivity contribution in [3.05, 3.63) is 65.2 Å². The van der Waals surface area contributed by atoms with Crippen LogP contribution >= 0.6 is 0 Å². The number of benzene rings is 2. The normalized spacial score (nSPS) is 16.7. The molecule has 11 nitrogen and oxygen atoms in total. The largest absolute Gasteiger partial charge is 0.437 e. The molecule has 36 heavy (non-hydrogen) atoms. The van der Waals surface area contributed by atoms with Gasteiger partial charge >= 0.3 is 6.02 Å². The van der Waals surface area contributed by atoms with Crippen LogP contribution in [0.4, 0.5) is 5.69 Å². The van der Waals surface area contributed by atoms with Crippen LogP contribution in [0.15, 0.2) is 69.0 Å². The van der Waals surface area contributed by atoms with Gasteiger partial charge < -0.3 is 24.6 Å². The summed E-state index contributed by atoms with van der Waals surface area (Å²) in [5, 5.41) is 15.2. The lowest BCUT2D eigenvalue weighted by atomic mass is 10.1. The lowest BCUT2D eigenvalue weighted by Gasteiger charge is -2.25. The van der Waals surface area contributed by atoms with Gasteiger partial charge in [-0.3, -0.25) is 20.1 Å². The number of aliphatic imine (C=N–C) groups is 3. The lowest BCUT2D eigenvalue weighted by molar-refractivity contribution is -0.119. The van der Waals surface area contributed by atoms with Crippen molar-refractivity contribution in [2.75, 3.05) is 45.7 Å². The Morgan fingerprint density at radius 3 is 2.67 bits per heavy atom. The maximum absolute atomic E-state index is 12.0. The number of amidine groups is 3. The van der Waals surface area contributed by atoms with Crippen molar-refractivity contribution in [1.29, 1.82) is 5.26 Å². The molecule has 0 fully saturated rings. The number of likely N-dealkylation sites (N-methyl/N-ethyl adjacent to an activating group) is 1. The number of nitriles is 1. The Morgan fingerprint density at radius 1 is 1.08 bits per heavy atom. The van der Waals surface area contributed by atoms with E-state index >= 15 is 0 Å². The third-order valence-electron chi connectivity index (χ3n) is 5.68. The molecule has 2 N–H and O–H groups in total. The molecule has 1 amide bonds. The van der Waals surface area contributed by atoms with E-state index in [-0.39, 0.29) is 24.4 Å². The minimum Gasteiger partial charge on any atom is -0.437 e. The Hall–Kier alpha value is -4.85. The number of amides is 1. The van der Waals surface area contributed by atoms with Gasteiger partial charge in [0.1, 0.15) is 35.6 Å². The van der Waals surface area contributed by atoms with E-state index < -0.39 is 0 Å². The van der Waals surface area contributed by atoms with Crippen molar-refractivity contribution in [1.82, 2.24) is 15.5 Å². The van der Waals surface area contributed by atoms with Crippen molar-refractivity contribution >= 4 is 29.3 Å². The summed E-state index contributed by atoms with van der Waals surface area (Å²) in [4.78, 5) is 29.3. The molecule has 11 heteroatoms. The molecule has 2 aromatic rings. The smallest absolute Gasteiger partial charge is 0.304 e. The zero-order chi connectivity index (χ0) is 25.2. The Morgan fingerprint density at radius 2 is 1.92 bits per heavy atom. The van der Waals surface area contributed by atoms with Crippen molar-refractivity contribution in [3.63, 3.8) is 0 Å². The summed E-state index contributed by atoms with van der Waals surface area (Å²) in [6, 6.07) is 14.9. The van der Waals surface area contributed by atoms with E-state index in [2.05, 4.69) is 36.6 Å². The molecule has 0 saturated carbocycles. The molecule has 0 saturated heterocycles. The first kappa shape index (κ1) is 22.9. The van der Waals surface area contributed by atoms with Gasteiger partial charge in [-0.2, -0.15) is 10.3 Å². The average Bonchev–Trinajstić information content (AvgIpc) is 3.30. The van der Waals surface area contributed by atoms with Crippen LogP contribution in [0.1, 0.15) is 11.1 Å². The van der Waals surface area contributed by atoms with Crippen LogP contribution < -0.4 is 25.0 Å². The Kier molecular flexibility index (Phi) is 6.00. The van der Waals surface area contributed by atoms with Crippen LogP contribution in [-0.4, -0.2) is 69.3 Å². The van der Waals surface area contributed by atoms with E-state index in [0.717, 1.165) is 24.5 Å². The van der Waals surface area contributed by atoms with Gasteiger partial charge in [-0.05, 0) is 24.3 Å². The summed E-state index contributed by atoms with van der Waals surface area (Å²) in [5.74, 6) is 2.11. The van der Waals surface area contributed by atoms with Gasteiger partial charge in [0.2, 0.25) is 5.91 Å². The standard InChI is InChI=1S/C25H24N8O3/c1-32(2)19-12-18(8-7-16(19)13-26)35-24-21-22(28-14-20(34)29-21)30-25(31-24)36-17-6-4-5-15(11-17)23-27-9-10-33(23)3/h4-8,11-12H,9-10,14H2,1-3H3,(H,29,34)(H,28,30,31). The Bertz CT molecular complexity index is 1400. The van der Waals surface area contributed by atoms with Crippen molar-refractivity contribution < 1.29 is 14.3 Å². The fraction of sp³-hybridized carbons (Fsp3) is 0.240. The molecule has 182 valence electrons. The molecule has 3 heterocycles. The molecule has 3 aliphatic rings. The van der Waals surface area contributed by atoms with Gasteiger partial charge in [0.25, 0.3) is 5.88 Å². The fourth-order valence-corrected chi connectivity index (χ4v) is 3.93. The fourth-order valence-electron chi connectivity index (χ4n) is 3.93. The van der Waals surface area contributed by atoms with Crippen LogP contribution in [0.5, 0.6) is 11.5 Å². The first-order valence-corrected chi connectivity index (χ1v) is 11.3. The summed E-state index contributed by atoms with van der Waals surface area (Å²) >= 11 is 0. The predicted molar refractivity (Wildman–Crippen MR) is 135 cm³/mol. The SMILES string of the molecule is CN1CCN=C1c1cccc(OC2=NC(Oc3ccc(C#N)c(N(C)C)c3)=C3NC(=O)CN=C3N2)c1. The molecule has 0 atom stereocenters. The third-order valence-corrected chi connectivity index (χ3v) is 5.68. The van der Waals surface area contributed by atoms with Crippen LogP contribution in [0.3, 0.4) is 0 Å². The predicted octanol–water partition coefficient (Wildman–Crippen LogP) is 1.43. The van der Waals surface area contributed by atoms with Gasteiger partial charge in [0, 0.05) is 39.3 Å². The van der Waals surface area contributed by atoms with E-state index in [1.54, 1.807) is 18.2 Å². The van der Waals surface area contributed by atoms with Gasteiger partial charge in [0.15, 0.2) is 5.84 Å². The molecule has 0 unspecified atom stereocenters. The lowest BCUT2D eigenvalue weighted by Crippen LogP contribution is -2.48. The van der Waals surface area contributed by atoms with Crippen molar-refractivity contribution in [2.24, 2.45) is 15.0 Å². The Balaban J connectivity index is 1.46. The number of nitrogens with zero attached hydrogens (tertiary/aromatic N) is 6. The third kappa shape index (κ3) is 4.56. The number of carbonyl (C=O) groups is 1. The molecule has 0 aliphatic carbocycles. The van der Waals surface area contributed by atoms with Gasteiger partial charge in [-0.15, -0.1) is 0 Å². The molecule has 0 radical (unpaired) electrons. The topological polar surface area (TPSA) is 127 Å². The quantitative estimate of drug-likeness (QED) is 0.657. The van der Waals surface area contributed by atoms with E-state index in [9.17, 15) is 10.1 Å². The van der Waals surface area contributed by atoms with Crippen molar-refractivity contribution in [3.8, 4) is 17.6 Å². The first-order chi connectivity index (χ1) is 17.4. The van der Waals surface area contributed by atoms with Gasteiger partial charge in [0.05, 0.1) is 17.8 Å². The number of anilines is 1. The van der Waals surface area contributed by atoms with Crippen LogP contribution in [0, 0.1) is 11.3 Å². The zero-order valence-corrected chi connectivity index (χ0v) is 20.1. The minimum absolute atomic E-state index is 0.0321. The first-order valence-electron chi connectivity index (χ1n) is 11.3. The average molecular weight is 485 g/mol. The second-order valence-electron chi connectivity index (χ2n) is 8.48. The summed E-state index contributed by atoms with van der Waals surface area (Å²) in [5.41, 5.74) is 2.44. The van der Waals surface area contributed by atoms with E-state index in [0.29, 0.717) is 34.3 Å². The summed E-state index contributed by atoms with van der Waals surface area (Å²) in [6.07, 6.45) is 0. The summed E-state index contributed by atoms with van der Waals surface area (Å²) in [6.45, 7) is 1.60. The maximum atomic E-state index is 12.0. The van der Waals surface area contributed by atoms with Crippen LogP contribution in [0.25, 0.3) is 0 Å². The monoisotopic (exact) mass is 484 g/mol. The summed E-state index contributed by atoms with van der Waals surface area (Å²) in [7, 11) is 5.68. The Labute approximate surface area is 208 Å². The highest BCUT2D eigenvalue weighted by molar-refractivity contribution is 6.13. The number of rotatable bonds is 5. The second kappa shape index (κ2) is 9.42. The molecular weight excluding hydrogens is 460 g/mol. The van der Waals surface area contributed by atoms with Crippen molar-refractivity contribution in [2.45, 2.75) is 0 Å². The number of fused-ring (bicyclic) bond motifs is 1. The number of ether oxygens (including phenoxy) is 2. The second-order valence-corrected chi connectivity index (χ2v) is 8.48. The maximum Gasteiger partial charge on any atom is 0.304 e. The minimum atomic E-state index is -0.279. The van der Waals surface area contributed by atoms with Gasteiger partial charge in [-0.1, -0.05) is 12.1 Å². The number of carbonyl (C=O) groups excluding carboxylic acids is 1. The van der Waals surface area contributed by atoms with E-state index in [4.69, 9.17) is 9.47 Å². The number of nitrogens with one attached hydrogen (secondary N) is 2. The highest BCUT2D eigenvalue weighted by atomic mass is 16.5. The van der Waals surface area contributed by atoms with E-state index in [1.807, 2.05) is 50.3 Å². The highest BCUT2D eigenvalue weighted by Crippen LogP contribution is 2.27. The number of hydrogen-bond acceptors (Lipinski definition) is 10. The number of hydrogen-bond donors (Lipinski definition) is 2. The van der Waals surface area contributed by atoms with E-state index in [1.165, 1.54) is 0 Å². The zero-order valence-electron chi connectivity index (χ0n) is 20.1. The molecule has 0 bridgehead atoms. The van der Waals surface area contributed by atoms with Gasteiger partial charge in [-0.25, -0.2) is 0 Å². The molecule has 2 aromatic carbocycles. The summed E-state index contributed by atoms with van der Waals surface area (Å²) < 4.78 is 12.1. The van der Waals surface area contributed by atoms with Crippen LogP contribution in [-0.2, 0) is 4.79 Å². The molecule has 5 rings (SSSR count). The molecule has 0 spiro atoms.